The normalized spacial score (nSPS) is 20.1. The molecule has 0 amide bonds. The Morgan fingerprint density at radius 1 is 0.956 bits per heavy atom. The van der Waals surface area contributed by atoms with Crippen LogP contribution in [0.3, 0.4) is 0 Å². The molecule has 0 unspecified atom stereocenters. The fourth-order valence-electron chi connectivity index (χ4n) is 6.03. The van der Waals surface area contributed by atoms with Crippen LogP contribution in [-0.4, -0.2) is 75.2 Å². The van der Waals surface area contributed by atoms with Crippen LogP contribution in [-0.2, 0) is 27.3 Å². The van der Waals surface area contributed by atoms with Crippen molar-refractivity contribution in [3.05, 3.63) is 53.7 Å². The van der Waals surface area contributed by atoms with Gasteiger partial charge in [-0.3, -0.25) is 4.90 Å². The molecule has 1 aliphatic carbocycles. The Bertz CT molecular complexity index is 1680. The van der Waals surface area contributed by atoms with Gasteiger partial charge < -0.3 is 19.9 Å². The number of benzene rings is 2. The van der Waals surface area contributed by atoms with Gasteiger partial charge in [0, 0.05) is 48.2 Å². The molecule has 0 radical (unpaired) electrons. The van der Waals surface area contributed by atoms with Gasteiger partial charge in [-0.15, -0.1) is 0 Å². The summed E-state index contributed by atoms with van der Waals surface area (Å²) in [4.78, 5) is 1.98. The Kier molecular flexibility index (Phi) is 9.62. The Labute approximate surface area is 257 Å². The van der Waals surface area contributed by atoms with E-state index in [9.17, 15) is 34.8 Å². The van der Waals surface area contributed by atoms with E-state index in [0.717, 1.165) is 74.9 Å². The zero-order valence-electron chi connectivity index (χ0n) is 24.6. The summed E-state index contributed by atoms with van der Waals surface area (Å²) in [6.07, 6.45) is -4.71. The Morgan fingerprint density at radius 2 is 1.67 bits per heavy atom. The van der Waals surface area contributed by atoms with Gasteiger partial charge in [-0.1, -0.05) is 12.0 Å². The third-order valence-corrected chi connectivity index (χ3v) is 9.32. The van der Waals surface area contributed by atoms with Crippen molar-refractivity contribution in [1.29, 1.82) is 0 Å². The summed E-state index contributed by atoms with van der Waals surface area (Å²) >= 11 is 0. The van der Waals surface area contributed by atoms with Crippen LogP contribution in [0.5, 0.6) is 0 Å². The van der Waals surface area contributed by atoms with Gasteiger partial charge in [0.25, 0.3) is 0 Å². The van der Waals surface area contributed by atoms with Crippen molar-refractivity contribution in [2.75, 3.05) is 49.7 Å². The first kappa shape index (κ1) is 33.0. The number of rotatable bonds is 7. The standard InChI is InChI=1S/C31H34F6N4O3S/c1-45(42,43)24-11-12-28(26(19-24)31(35,36)37)38-13-3-4-23-18-25-27(5-2-6-29(25)41(23)20-30(32,33)34)39-21-7-9-22(10-8-21)40-14-16-44-17-15-40/h2,5-6,11-12,18-19,21-22,38-39H,7-10,13-17,20H2,1H3/t21-,22+. The van der Waals surface area contributed by atoms with E-state index in [1.54, 1.807) is 18.2 Å². The summed E-state index contributed by atoms with van der Waals surface area (Å²) in [7, 11) is -3.88. The van der Waals surface area contributed by atoms with E-state index in [1.807, 2.05) is 6.07 Å². The van der Waals surface area contributed by atoms with E-state index in [0.29, 0.717) is 28.7 Å². The second kappa shape index (κ2) is 13.1. The van der Waals surface area contributed by atoms with Gasteiger partial charge >= 0.3 is 12.4 Å². The molecule has 45 heavy (non-hydrogen) atoms. The number of nitrogens with one attached hydrogen (secondary N) is 2. The van der Waals surface area contributed by atoms with Crippen molar-refractivity contribution < 1.29 is 39.5 Å². The van der Waals surface area contributed by atoms with Crippen LogP contribution in [0.25, 0.3) is 10.9 Å². The van der Waals surface area contributed by atoms with Crippen molar-refractivity contribution in [1.82, 2.24) is 9.47 Å². The highest BCUT2D eigenvalue weighted by atomic mass is 32.2. The van der Waals surface area contributed by atoms with E-state index in [1.165, 1.54) is 0 Å². The zero-order valence-corrected chi connectivity index (χ0v) is 25.4. The maximum absolute atomic E-state index is 13.6. The third-order valence-electron chi connectivity index (χ3n) is 8.21. The lowest BCUT2D eigenvalue weighted by atomic mass is 9.89. The fourth-order valence-corrected chi connectivity index (χ4v) is 6.68. The van der Waals surface area contributed by atoms with Crippen LogP contribution in [0.2, 0.25) is 0 Å². The molecular weight excluding hydrogens is 622 g/mol. The summed E-state index contributed by atoms with van der Waals surface area (Å²) in [5.74, 6) is 5.32. The molecule has 1 saturated carbocycles. The number of fused-ring (bicyclic) bond motifs is 1. The number of morpholine rings is 1. The Balaban J connectivity index is 1.35. The largest absolute Gasteiger partial charge is 0.418 e. The monoisotopic (exact) mass is 656 g/mol. The number of alkyl halides is 6. The lowest BCUT2D eigenvalue weighted by Crippen LogP contribution is -2.46. The molecule has 7 nitrogen and oxygen atoms in total. The topological polar surface area (TPSA) is 75.6 Å². The predicted octanol–water partition coefficient (Wildman–Crippen LogP) is 6.14. The number of aromatic nitrogens is 1. The number of nitrogens with zero attached hydrogens (tertiary/aromatic N) is 2. The molecule has 2 aliphatic rings. The zero-order chi connectivity index (χ0) is 32.4. The minimum atomic E-state index is -4.85. The molecule has 0 bridgehead atoms. The van der Waals surface area contributed by atoms with Gasteiger partial charge in [-0.05, 0) is 68.0 Å². The lowest BCUT2D eigenvalue weighted by Gasteiger charge is -2.39. The smallest absolute Gasteiger partial charge is 0.382 e. The van der Waals surface area contributed by atoms with Gasteiger partial charge in [-0.2, -0.15) is 26.3 Å². The van der Waals surface area contributed by atoms with Gasteiger partial charge in [0.05, 0.1) is 41.4 Å². The van der Waals surface area contributed by atoms with Crippen molar-refractivity contribution in [3.8, 4) is 11.8 Å². The van der Waals surface area contributed by atoms with E-state index in [4.69, 9.17) is 4.74 Å². The molecule has 2 fully saturated rings. The molecule has 2 heterocycles. The van der Waals surface area contributed by atoms with Gasteiger partial charge in [0.15, 0.2) is 9.84 Å². The molecule has 0 spiro atoms. The number of sulfone groups is 1. The van der Waals surface area contributed by atoms with Gasteiger partial charge in [-0.25, -0.2) is 8.42 Å². The molecule has 1 aliphatic heterocycles. The second-order valence-corrected chi connectivity index (χ2v) is 13.4. The molecule has 5 rings (SSSR count). The maximum Gasteiger partial charge on any atom is 0.418 e. The van der Waals surface area contributed by atoms with Crippen LogP contribution in [0.4, 0.5) is 37.7 Å². The predicted molar refractivity (Wildman–Crippen MR) is 160 cm³/mol. The molecule has 244 valence electrons. The average Bonchev–Trinajstić information content (AvgIpc) is 3.31. The summed E-state index contributed by atoms with van der Waals surface area (Å²) in [5.41, 5.74) is -0.474. The summed E-state index contributed by atoms with van der Waals surface area (Å²) in [6.45, 7) is 1.71. The number of ether oxygens (including phenoxy) is 1. The van der Waals surface area contributed by atoms with E-state index in [2.05, 4.69) is 27.4 Å². The van der Waals surface area contributed by atoms with Gasteiger partial charge in [0.2, 0.25) is 0 Å². The highest BCUT2D eigenvalue weighted by Gasteiger charge is 2.35. The van der Waals surface area contributed by atoms with Gasteiger partial charge in [0.1, 0.15) is 6.54 Å². The minimum Gasteiger partial charge on any atom is -0.382 e. The first-order chi connectivity index (χ1) is 21.2. The van der Waals surface area contributed by atoms with Crippen LogP contribution in [0.15, 0.2) is 47.4 Å². The molecule has 14 heteroatoms. The molecule has 0 atom stereocenters. The molecule has 1 aromatic heterocycles. The van der Waals surface area contributed by atoms with Crippen molar-refractivity contribution in [2.24, 2.45) is 0 Å². The van der Waals surface area contributed by atoms with Crippen LogP contribution in [0.1, 0.15) is 36.9 Å². The first-order valence-electron chi connectivity index (χ1n) is 14.6. The first-order valence-corrected chi connectivity index (χ1v) is 16.5. The Morgan fingerprint density at radius 3 is 2.31 bits per heavy atom. The highest BCUT2D eigenvalue weighted by molar-refractivity contribution is 7.90. The maximum atomic E-state index is 13.6. The summed E-state index contributed by atoms with van der Waals surface area (Å²) in [6, 6.07) is 9.90. The quantitative estimate of drug-likeness (QED) is 0.235. The number of anilines is 2. The minimum absolute atomic E-state index is 0.0675. The lowest BCUT2D eigenvalue weighted by molar-refractivity contribution is -0.140. The highest BCUT2D eigenvalue weighted by Crippen LogP contribution is 2.37. The SMILES string of the molecule is CS(=O)(=O)c1ccc(NCC#Cc2cc3c(N[C@H]4CC[C@@H](N5CCOCC5)CC4)cccc3n2CC(F)(F)F)c(C(F)(F)F)c1. The van der Waals surface area contributed by atoms with Crippen molar-refractivity contribution in [3.63, 3.8) is 0 Å². The average molecular weight is 657 g/mol. The van der Waals surface area contributed by atoms with E-state index in [-0.39, 0.29) is 18.3 Å². The molecule has 2 N–H and O–H groups in total. The van der Waals surface area contributed by atoms with Crippen LogP contribution in [0, 0.1) is 11.8 Å². The number of hydrogen-bond donors (Lipinski definition) is 2. The second-order valence-electron chi connectivity index (χ2n) is 11.4. The molecule has 3 aromatic rings. The van der Waals surface area contributed by atoms with Crippen LogP contribution >= 0.6 is 0 Å². The number of hydrogen-bond acceptors (Lipinski definition) is 6. The third kappa shape index (κ3) is 8.25. The summed E-state index contributed by atoms with van der Waals surface area (Å²) in [5, 5.41) is 6.62. The molecular formula is C31H34F6N4O3S. The van der Waals surface area contributed by atoms with E-state index >= 15 is 0 Å². The molecule has 2 aromatic carbocycles. The Hall–Kier alpha value is -3.41. The van der Waals surface area contributed by atoms with Crippen molar-refractivity contribution in [2.45, 2.75) is 61.6 Å². The van der Waals surface area contributed by atoms with Crippen LogP contribution < -0.4 is 10.6 Å². The number of halogens is 6. The van der Waals surface area contributed by atoms with E-state index < -0.39 is 44.9 Å². The van der Waals surface area contributed by atoms with Crippen molar-refractivity contribution >= 4 is 32.1 Å². The summed E-state index contributed by atoms with van der Waals surface area (Å²) < 4.78 is 112. The fraction of sp³-hybridized carbons (Fsp3) is 0.484. The molecule has 1 saturated heterocycles.